The Hall–Kier alpha value is -2.18. The Balaban J connectivity index is 1.79. The normalized spacial score (nSPS) is 19.7. The van der Waals surface area contributed by atoms with Crippen LogP contribution in [0.25, 0.3) is 0 Å². The van der Waals surface area contributed by atoms with Gasteiger partial charge in [-0.15, -0.1) is 0 Å². The molecule has 2 aromatic rings. The van der Waals surface area contributed by atoms with Gasteiger partial charge >= 0.3 is 0 Å². The van der Waals surface area contributed by atoms with E-state index in [9.17, 15) is 8.42 Å². The summed E-state index contributed by atoms with van der Waals surface area (Å²) >= 11 is 0. The van der Waals surface area contributed by atoms with Crippen LogP contribution < -0.4 is 0 Å². The molecule has 0 aromatic carbocycles. The van der Waals surface area contributed by atoms with Crippen LogP contribution in [-0.4, -0.2) is 45.4 Å². The standard InChI is InChI=1S/C12H14N6O2S/c1-16-9-12(6-14-16)21(19,20)17-3-2-11(8-17)18-7-10(4-13)5-15-18/h5-7,9,11H,2-3,8H2,1H3. The fraction of sp³-hybridized carbons (Fsp3) is 0.417. The Morgan fingerprint density at radius 3 is 2.76 bits per heavy atom. The van der Waals surface area contributed by atoms with Crippen molar-refractivity contribution in [2.75, 3.05) is 13.1 Å². The zero-order valence-corrected chi connectivity index (χ0v) is 12.2. The molecule has 9 heteroatoms. The van der Waals surface area contributed by atoms with Crippen molar-refractivity contribution in [3.8, 4) is 6.07 Å². The zero-order chi connectivity index (χ0) is 15.0. The Morgan fingerprint density at radius 2 is 2.14 bits per heavy atom. The van der Waals surface area contributed by atoms with Crippen LogP contribution in [0.3, 0.4) is 0 Å². The van der Waals surface area contributed by atoms with Gasteiger partial charge in [-0.3, -0.25) is 9.36 Å². The predicted octanol–water partition coefficient (Wildman–Crippen LogP) is 0.124. The lowest BCUT2D eigenvalue weighted by Crippen LogP contribution is -2.29. The number of nitrogens with zero attached hydrogens (tertiary/aromatic N) is 6. The summed E-state index contributed by atoms with van der Waals surface area (Å²) < 4.78 is 29.5. The highest BCUT2D eigenvalue weighted by molar-refractivity contribution is 7.89. The van der Waals surface area contributed by atoms with Gasteiger partial charge in [-0.2, -0.15) is 19.8 Å². The highest BCUT2D eigenvalue weighted by Gasteiger charge is 2.34. The SMILES string of the molecule is Cn1cc(S(=O)(=O)N2CCC(n3cc(C#N)cn3)C2)cn1. The largest absolute Gasteiger partial charge is 0.274 e. The number of hydrogen-bond acceptors (Lipinski definition) is 5. The molecule has 0 N–H and O–H groups in total. The lowest BCUT2D eigenvalue weighted by atomic mass is 10.3. The third kappa shape index (κ3) is 2.43. The average molecular weight is 306 g/mol. The lowest BCUT2D eigenvalue weighted by Gasteiger charge is -2.15. The predicted molar refractivity (Wildman–Crippen MR) is 72.6 cm³/mol. The molecule has 0 radical (unpaired) electrons. The van der Waals surface area contributed by atoms with Gasteiger partial charge in [-0.05, 0) is 6.42 Å². The zero-order valence-electron chi connectivity index (χ0n) is 11.4. The fourth-order valence-electron chi connectivity index (χ4n) is 2.42. The van der Waals surface area contributed by atoms with E-state index in [4.69, 9.17) is 5.26 Å². The molecule has 1 fully saturated rings. The first-order valence-corrected chi connectivity index (χ1v) is 7.88. The van der Waals surface area contributed by atoms with Crippen LogP contribution in [0.4, 0.5) is 0 Å². The Morgan fingerprint density at radius 1 is 1.33 bits per heavy atom. The van der Waals surface area contributed by atoms with Crippen LogP contribution in [0.5, 0.6) is 0 Å². The van der Waals surface area contributed by atoms with Crippen molar-refractivity contribution in [3.05, 3.63) is 30.4 Å². The van der Waals surface area contributed by atoms with Crippen LogP contribution in [0, 0.1) is 11.3 Å². The maximum atomic E-state index is 12.5. The van der Waals surface area contributed by atoms with Gasteiger partial charge in [-0.1, -0.05) is 0 Å². The van der Waals surface area contributed by atoms with Gasteiger partial charge in [0.2, 0.25) is 10.0 Å². The van der Waals surface area contributed by atoms with E-state index in [2.05, 4.69) is 10.2 Å². The van der Waals surface area contributed by atoms with Gasteiger partial charge in [0.15, 0.2) is 0 Å². The monoisotopic (exact) mass is 306 g/mol. The van der Waals surface area contributed by atoms with Crippen LogP contribution >= 0.6 is 0 Å². The highest BCUT2D eigenvalue weighted by atomic mass is 32.2. The van der Waals surface area contributed by atoms with E-state index in [0.29, 0.717) is 25.1 Å². The molecule has 3 heterocycles. The number of rotatable bonds is 3. The van der Waals surface area contributed by atoms with Crippen molar-refractivity contribution in [2.24, 2.45) is 7.05 Å². The maximum absolute atomic E-state index is 12.5. The molecule has 0 amide bonds. The third-order valence-electron chi connectivity index (χ3n) is 3.55. The molecule has 1 aliphatic rings. The first-order chi connectivity index (χ1) is 10.0. The Bertz CT molecular complexity index is 800. The van der Waals surface area contributed by atoms with Crippen LogP contribution in [0.15, 0.2) is 29.7 Å². The molecule has 0 bridgehead atoms. The van der Waals surface area contributed by atoms with Gasteiger partial charge in [0, 0.05) is 32.5 Å². The quantitative estimate of drug-likeness (QED) is 0.802. The molecule has 0 saturated carbocycles. The molecule has 110 valence electrons. The van der Waals surface area contributed by atoms with E-state index in [1.165, 1.54) is 27.6 Å². The van der Waals surface area contributed by atoms with E-state index in [1.807, 2.05) is 6.07 Å². The summed E-state index contributed by atoms with van der Waals surface area (Å²) in [6.07, 6.45) is 6.64. The molecule has 1 unspecified atom stereocenters. The number of hydrogen-bond donors (Lipinski definition) is 0. The van der Waals surface area contributed by atoms with Crippen LogP contribution in [0.1, 0.15) is 18.0 Å². The molecular weight excluding hydrogens is 292 g/mol. The van der Waals surface area contributed by atoms with Gasteiger partial charge in [0.25, 0.3) is 0 Å². The molecular formula is C12H14N6O2S. The summed E-state index contributed by atoms with van der Waals surface area (Å²) in [6.45, 7) is 0.785. The molecule has 3 rings (SSSR count). The Kier molecular flexibility index (Phi) is 3.27. The van der Waals surface area contributed by atoms with Gasteiger partial charge in [0.05, 0.1) is 24.0 Å². The molecule has 8 nitrogen and oxygen atoms in total. The summed E-state index contributed by atoms with van der Waals surface area (Å²) in [4.78, 5) is 0.198. The van der Waals surface area contributed by atoms with E-state index in [1.54, 1.807) is 17.9 Å². The van der Waals surface area contributed by atoms with E-state index in [0.717, 1.165) is 0 Å². The van der Waals surface area contributed by atoms with Crippen LogP contribution in [-0.2, 0) is 17.1 Å². The van der Waals surface area contributed by atoms with Crippen molar-refractivity contribution < 1.29 is 8.42 Å². The molecule has 2 aromatic heterocycles. The minimum atomic E-state index is -3.51. The third-order valence-corrected chi connectivity index (χ3v) is 5.37. The Labute approximate surface area is 122 Å². The average Bonchev–Trinajstić information content (AvgIpc) is 3.18. The number of aryl methyl sites for hydroxylation is 1. The molecule has 1 saturated heterocycles. The smallest absolute Gasteiger partial charge is 0.246 e. The minimum Gasteiger partial charge on any atom is -0.274 e. The summed E-state index contributed by atoms with van der Waals surface area (Å²) in [5, 5.41) is 16.8. The van der Waals surface area contributed by atoms with Gasteiger partial charge in [-0.25, -0.2) is 8.42 Å². The van der Waals surface area contributed by atoms with Crippen molar-refractivity contribution in [2.45, 2.75) is 17.4 Å². The molecule has 21 heavy (non-hydrogen) atoms. The number of nitriles is 1. The van der Waals surface area contributed by atoms with Crippen molar-refractivity contribution in [1.82, 2.24) is 23.9 Å². The van der Waals surface area contributed by atoms with Crippen molar-refractivity contribution in [1.29, 1.82) is 5.26 Å². The van der Waals surface area contributed by atoms with E-state index < -0.39 is 10.0 Å². The second-order valence-electron chi connectivity index (χ2n) is 4.98. The maximum Gasteiger partial charge on any atom is 0.246 e. The first kappa shape index (κ1) is 13.8. The summed E-state index contributed by atoms with van der Waals surface area (Å²) in [5.41, 5.74) is 0.476. The first-order valence-electron chi connectivity index (χ1n) is 6.44. The van der Waals surface area contributed by atoms with E-state index >= 15 is 0 Å². The number of aromatic nitrogens is 4. The minimum absolute atomic E-state index is 0.0430. The summed E-state index contributed by atoms with van der Waals surface area (Å²) in [5.74, 6) is 0. The second-order valence-corrected chi connectivity index (χ2v) is 6.91. The molecule has 1 aliphatic heterocycles. The summed E-state index contributed by atoms with van der Waals surface area (Å²) in [6, 6.07) is 1.97. The van der Waals surface area contributed by atoms with Crippen molar-refractivity contribution >= 4 is 10.0 Å². The fourth-order valence-corrected chi connectivity index (χ4v) is 3.90. The molecule has 0 aliphatic carbocycles. The molecule has 1 atom stereocenters. The number of sulfonamides is 1. The van der Waals surface area contributed by atoms with Crippen molar-refractivity contribution in [3.63, 3.8) is 0 Å². The van der Waals surface area contributed by atoms with Gasteiger partial charge < -0.3 is 0 Å². The second kappa shape index (κ2) is 4.98. The topological polar surface area (TPSA) is 96.8 Å². The lowest BCUT2D eigenvalue weighted by molar-refractivity contribution is 0.434. The van der Waals surface area contributed by atoms with Crippen LogP contribution in [0.2, 0.25) is 0 Å². The van der Waals surface area contributed by atoms with E-state index in [-0.39, 0.29) is 10.9 Å². The molecule has 0 spiro atoms. The highest BCUT2D eigenvalue weighted by Crippen LogP contribution is 2.26. The summed E-state index contributed by atoms with van der Waals surface area (Å²) in [7, 11) is -1.83. The van der Waals surface area contributed by atoms with Gasteiger partial charge in [0.1, 0.15) is 11.0 Å².